The van der Waals surface area contributed by atoms with Crippen LogP contribution in [0.4, 0.5) is 0 Å². The molecule has 0 aliphatic carbocycles. The number of nitrogens with one attached hydrogen (secondary N) is 1. The van der Waals surface area contributed by atoms with Crippen LogP contribution in [0.2, 0.25) is 0 Å². The van der Waals surface area contributed by atoms with Crippen LogP contribution in [0, 0.1) is 5.92 Å². The number of hydrogen-bond donors (Lipinski definition) is 3. The van der Waals surface area contributed by atoms with Crippen molar-refractivity contribution < 1.29 is 9.90 Å². The highest BCUT2D eigenvalue weighted by Crippen LogP contribution is 2.16. The van der Waals surface area contributed by atoms with Crippen LogP contribution in [0.1, 0.15) is 122 Å². The zero-order chi connectivity index (χ0) is 19.3. The van der Waals surface area contributed by atoms with Gasteiger partial charge in [-0.15, -0.1) is 0 Å². The Labute approximate surface area is 162 Å². The molecule has 4 nitrogen and oxygen atoms in total. The van der Waals surface area contributed by atoms with Crippen LogP contribution >= 0.6 is 0 Å². The van der Waals surface area contributed by atoms with Gasteiger partial charge in [0.15, 0.2) is 0 Å². The molecule has 0 heterocycles. The smallest absolute Gasteiger partial charge is 0.306 e. The summed E-state index contributed by atoms with van der Waals surface area (Å²) in [5.74, 6) is 4.31. The monoisotopic (exact) mass is 370 g/mol. The SMILES string of the molecule is CCCCCCCCCCCCCCCCCCC(CCNN)C(=O)O. The molecule has 0 aromatic carbocycles. The predicted molar refractivity (Wildman–Crippen MR) is 112 cm³/mol. The molecule has 0 aromatic rings. The molecule has 4 heteroatoms. The van der Waals surface area contributed by atoms with E-state index < -0.39 is 5.97 Å². The maximum Gasteiger partial charge on any atom is 0.306 e. The molecule has 0 aliphatic rings. The standard InChI is InChI=1S/C22H46N2O2/c1-2-3-4-5-6-7-8-9-10-11-12-13-14-15-16-17-18-21(22(25)26)19-20-24-23/h21,24H,2-20,23H2,1H3,(H,25,26). The Morgan fingerprint density at radius 1 is 0.731 bits per heavy atom. The van der Waals surface area contributed by atoms with Gasteiger partial charge in [0.1, 0.15) is 0 Å². The summed E-state index contributed by atoms with van der Waals surface area (Å²) in [6.07, 6.45) is 23.0. The summed E-state index contributed by atoms with van der Waals surface area (Å²) in [4.78, 5) is 11.1. The van der Waals surface area contributed by atoms with E-state index in [9.17, 15) is 4.79 Å². The number of aliphatic carboxylic acids is 1. The van der Waals surface area contributed by atoms with E-state index in [1.807, 2.05) is 0 Å². The highest BCUT2D eigenvalue weighted by Gasteiger charge is 2.15. The third-order valence-corrected chi connectivity index (χ3v) is 5.39. The Balaban J connectivity index is 3.22. The average molecular weight is 371 g/mol. The minimum atomic E-state index is -0.679. The summed E-state index contributed by atoms with van der Waals surface area (Å²) in [5.41, 5.74) is 2.55. The third kappa shape index (κ3) is 18.2. The van der Waals surface area contributed by atoms with Gasteiger partial charge in [-0.1, -0.05) is 110 Å². The van der Waals surface area contributed by atoms with Crippen molar-refractivity contribution in [3.8, 4) is 0 Å². The number of carboxylic acid groups (broad SMARTS) is 1. The summed E-state index contributed by atoms with van der Waals surface area (Å²) >= 11 is 0. The summed E-state index contributed by atoms with van der Waals surface area (Å²) in [6, 6.07) is 0. The van der Waals surface area contributed by atoms with Crippen LogP contribution in [0.5, 0.6) is 0 Å². The minimum absolute atomic E-state index is 0.238. The second kappa shape index (κ2) is 20.7. The van der Waals surface area contributed by atoms with Crippen LogP contribution in [-0.4, -0.2) is 17.6 Å². The molecule has 0 aliphatic heterocycles. The van der Waals surface area contributed by atoms with Gasteiger partial charge in [-0.05, 0) is 12.8 Å². The molecule has 0 saturated carbocycles. The van der Waals surface area contributed by atoms with E-state index in [4.69, 9.17) is 10.9 Å². The van der Waals surface area contributed by atoms with E-state index in [-0.39, 0.29) is 5.92 Å². The lowest BCUT2D eigenvalue weighted by molar-refractivity contribution is -0.142. The van der Waals surface area contributed by atoms with Crippen molar-refractivity contribution in [2.75, 3.05) is 6.54 Å². The van der Waals surface area contributed by atoms with Gasteiger partial charge in [0, 0.05) is 6.54 Å². The van der Waals surface area contributed by atoms with Crippen LogP contribution in [0.25, 0.3) is 0 Å². The molecule has 0 bridgehead atoms. The molecule has 0 saturated heterocycles. The summed E-state index contributed by atoms with van der Waals surface area (Å²) in [6.45, 7) is 2.85. The Hall–Kier alpha value is -0.610. The van der Waals surface area contributed by atoms with E-state index in [0.717, 1.165) is 19.3 Å². The average Bonchev–Trinajstić information content (AvgIpc) is 2.63. The van der Waals surface area contributed by atoms with E-state index in [0.29, 0.717) is 13.0 Å². The number of hydrogen-bond acceptors (Lipinski definition) is 3. The molecule has 0 amide bonds. The van der Waals surface area contributed by atoms with Gasteiger partial charge in [-0.3, -0.25) is 16.1 Å². The normalized spacial score (nSPS) is 12.4. The molecule has 1 unspecified atom stereocenters. The number of nitrogens with two attached hydrogens (primary N) is 1. The number of hydrazine groups is 1. The van der Waals surface area contributed by atoms with Crippen LogP contribution in [0.3, 0.4) is 0 Å². The van der Waals surface area contributed by atoms with Crippen molar-refractivity contribution in [3.05, 3.63) is 0 Å². The summed E-state index contributed by atoms with van der Waals surface area (Å²) in [7, 11) is 0. The number of unbranched alkanes of at least 4 members (excludes halogenated alkanes) is 15. The fourth-order valence-corrected chi connectivity index (χ4v) is 3.59. The Kier molecular flexibility index (Phi) is 20.2. The van der Waals surface area contributed by atoms with Crippen LogP contribution < -0.4 is 11.3 Å². The number of carboxylic acids is 1. The van der Waals surface area contributed by atoms with Gasteiger partial charge in [-0.25, -0.2) is 0 Å². The largest absolute Gasteiger partial charge is 0.481 e. The first-order chi connectivity index (χ1) is 12.7. The fraction of sp³-hybridized carbons (Fsp3) is 0.955. The van der Waals surface area contributed by atoms with E-state index in [1.54, 1.807) is 0 Å². The molecule has 0 rings (SSSR count). The maximum absolute atomic E-state index is 11.1. The minimum Gasteiger partial charge on any atom is -0.481 e. The van der Waals surface area contributed by atoms with Crippen molar-refractivity contribution in [2.45, 2.75) is 122 Å². The molecule has 1 atom stereocenters. The summed E-state index contributed by atoms with van der Waals surface area (Å²) in [5, 5.41) is 9.16. The highest BCUT2D eigenvalue weighted by atomic mass is 16.4. The van der Waals surface area contributed by atoms with E-state index >= 15 is 0 Å². The molecular formula is C22H46N2O2. The van der Waals surface area contributed by atoms with E-state index in [1.165, 1.54) is 89.9 Å². The van der Waals surface area contributed by atoms with E-state index in [2.05, 4.69) is 12.3 Å². The zero-order valence-corrected chi connectivity index (χ0v) is 17.4. The quantitative estimate of drug-likeness (QED) is 0.128. The Morgan fingerprint density at radius 3 is 1.46 bits per heavy atom. The van der Waals surface area contributed by atoms with Crippen molar-refractivity contribution in [3.63, 3.8) is 0 Å². The first-order valence-electron chi connectivity index (χ1n) is 11.4. The van der Waals surface area contributed by atoms with Crippen molar-refractivity contribution in [1.82, 2.24) is 5.43 Å². The molecular weight excluding hydrogens is 324 g/mol. The highest BCUT2D eigenvalue weighted by molar-refractivity contribution is 5.69. The fourth-order valence-electron chi connectivity index (χ4n) is 3.59. The zero-order valence-electron chi connectivity index (χ0n) is 17.4. The molecule has 0 aromatic heterocycles. The molecule has 0 spiro atoms. The van der Waals surface area contributed by atoms with Crippen molar-refractivity contribution >= 4 is 5.97 Å². The van der Waals surface area contributed by atoms with Crippen LogP contribution in [0.15, 0.2) is 0 Å². The molecule has 4 N–H and O–H groups in total. The van der Waals surface area contributed by atoms with Gasteiger partial charge in [0.2, 0.25) is 0 Å². The van der Waals surface area contributed by atoms with Gasteiger partial charge in [0.25, 0.3) is 0 Å². The van der Waals surface area contributed by atoms with Gasteiger partial charge in [-0.2, -0.15) is 0 Å². The lowest BCUT2D eigenvalue weighted by Crippen LogP contribution is -2.27. The summed E-state index contributed by atoms with van der Waals surface area (Å²) < 4.78 is 0. The molecule has 0 fully saturated rings. The van der Waals surface area contributed by atoms with Crippen LogP contribution in [-0.2, 0) is 4.79 Å². The predicted octanol–water partition coefficient (Wildman–Crippen LogP) is 6.19. The molecule has 0 radical (unpaired) electrons. The molecule has 156 valence electrons. The Bertz CT molecular complexity index is 298. The number of rotatable bonds is 21. The lowest BCUT2D eigenvalue weighted by Gasteiger charge is -2.11. The Morgan fingerprint density at radius 2 is 1.12 bits per heavy atom. The van der Waals surface area contributed by atoms with Gasteiger partial charge < -0.3 is 5.11 Å². The second-order valence-corrected chi connectivity index (χ2v) is 7.87. The topological polar surface area (TPSA) is 75.3 Å². The van der Waals surface area contributed by atoms with Crippen molar-refractivity contribution in [1.29, 1.82) is 0 Å². The second-order valence-electron chi connectivity index (χ2n) is 7.87. The first kappa shape index (κ1) is 25.4. The van der Waals surface area contributed by atoms with Gasteiger partial charge >= 0.3 is 5.97 Å². The van der Waals surface area contributed by atoms with Crippen molar-refractivity contribution in [2.24, 2.45) is 11.8 Å². The third-order valence-electron chi connectivity index (χ3n) is 5.39. The number of carbonyl (C=O) groups is 1. The lowest BCUT2D eigenvalue weighted by atomic mass is 9.97. The maximum atomic E-state index is 11.1. The molecule has 26 heavy (non-hydrogen) atoms. The first-order valence-corrected chi connectivity index (χ1v) is 11.4. The van der Waals surface area contributed by atoms with Gasteiger partial charge in [0.05, 0.1) is 5.92 Å².